The predicted molar refractivity (Wildman–Crippen MR) is 77.5 cm³/mol. The lowest BCUT2D eigenvalue weighted by Crippen LogP contribution is -2.04. The van der Waals surface area contributed by atoms with Crippen molar-refractivity contribution in [3.8, 4) is 5.75 Å². The predicted octanol–water partition coefficient (Wildman–Crippen LogP) is 3.84. The number of benzene rings is 1. The first-order valence-electron chi connectivity index (χ1n) is 5.51. The van der Waals surface area contributed by atoms with Crippen LogP contribution >= 0.6 is 23.2 Å². The van der Waals surface area contributed by atoms with Crippen LogP contribution in [-0.2, 0) is 0 Å². The second-order valence-electron chi connectivity index (χ2n) is 3.80. The molecular formula is C13H10Cl2N2O3. The van der Waals surface area contributed by atoms with Crippen LogP contribution in [0.4, 0.5) is 11.5 Å². The number of hydrogen-bond donors (Lipinski definition) is 2. The van der Waals surface area contributed by atoms with Gasteiger partial charge in [0, 0.05) is 6.07 Å². The highest BCUT2D eigenvalue weighted by Crippen LogP contribution is 2.29. The number of hydrogen-bond acceptors (Lipinski definition) is 4. The average Bonchev–Trinajstić information content (AvgIpc) is 2.43. The SMILES string of the molecule is COc1ccc(Cl)c(Nc2ccc(Cl)c(C(=O)O)n2)c1. The molecule has 1 aromatic carbocycles. The minimum atomic E-state index is -1.20. The molecule has 104 valence electrons. The zero-order valence-corrected chi connectivity index (χ0v) is 11.9. The van der Waals surface area contributed by atoms with E-state index < -0.39 is 5.97 Å². The van der Waals surface area contributed by atoms with E-state index >= 15 is 0 Å². The Kier molecular flexibility index (Phi) is 4.32. The van der Waals surface area contributed by atoms with E-state index in [0.29, 0.717) is 22.3 Å². The number of methoxy groups -OCH3 is 1. The summed E-state index contributed by atoms with van der Waals surface area (Å²) < 4.78 is 5.09. The van der Waals surface area contributed by atoms with Crippen LogP contribution in [0.5, 0.6) is 5.75 Å². The Hall–Kier alpha value is -1.98. The number of carboxylic acids is 1. The van der Waals surface area contributed by atoms with Crippen molar-refractivity contribution < 1.29 is 14.6 Å². The largest absolute Gasteiger partial charge is 0.497 e. The monoisotopic (exact) mass is 312 g/mol. The molecule has 20 heavy (non-hydrogen) atoms. The van der Waals surface area contributed by atoms with Gasteiger partial charge in [-0.3, -0.25) is 0 Å². The fourth-order valence-electron chi connectivity index (χ4n) is 1.53. The Morgan fingerprint density at radius 3 is 2.60 bits per heavy atom. The summed E-state index contributed by atoms with van der Waals surface area (Å²) in [6.45, 7) is 0. The number of nitrogens with zero attached hydrogens (tertiary/aromatic N) is 1. The van der Waals surface area contributed by atoms with Gasteiger partial charge in [0.1, 0.15) is 11.6 Å². The number of aromatic carboxylic acids is 1. The Morgan fingerprint density at radius 2 is 1.95 bits per heavy atom. The van der Waals surface area contributed by atoms with Crippen molar-refractivity contribution in [2.24, 2.45) is 0 Å². The minimum absolute atomic E-state index is 0.0692. The number of ether oxygens (including phenoxy) is 1. The van der Waals surface area contributed by atoms with Gasteiger partial charge in [-0.15, -0.1) is 0 Å². The smallest absolute Gasteiger partial charge is 0.356 e. The van der Waals surface area contributed by atoms with E-state index in [1.165, 1.54) is 13.2 Å². The Bertz CT molecular complexity index is 662. The minimum Gasteiger partial charge on any atom is -0.497 e. The fourth-order valence-corrected chi connectivity index (χ4v) is 1.88. The number of carbonyl (C=O) groups is 1. The molecule has 7 heteroatoms. The Morgan fingerprint density at radius 1 is 1.25 bits per heavy atom. The normalized spacial score (nSPS) is 10.2. The van der Waals surface area contributed by atoms with Crippen LogP contribution in [-0.4, -0.2) is 23.2 Å². The maximum absolute atomic E-state index is 11.0. The molecule has 0 aliphatic heterocycles. The molecular weight excluding hydrogens is 303 g/mol. The van der Waals surface area contributed by atoms with Gasteiger partial charge in [0.2, 0.25) is 0 Å². The molecule has 0 fully saturated rings. The Balaban J connectivity index is 2.35. The second kappa shape index (κ2) is 5.98. The topological polar surface area (TPSA) is 71.5 Å². The summed E-state index contributed by atoms with van der Waals surface area (Å²) in [4.78, 5) is 14.9. The van der Waals surface area contributed by atoms with Crippen LogP contribution in [0.15, 0.2) is 30.3 Å². The molecule has 0 saturated heterocycles. The summed E-state index contributed by atoms with van der Waals surface area (Å²) in [7, 11) is 1.54. The highest BCUT2D eigenvalue weighted by Gasteiger charge is 2.12. The maximum atomic E-state index is 11.0. The highest BCUT2D eigenvalue weighted by atomic mass is 35.5. The number of pyridine rings is 1. The number of nitrogens with one attached hydrogen (secondary N) is 1. The molecule has 2 N–H and O–H groups in total. The summed E-state index contributed by atoms with van der Waals surface area (Å²) in [6, 6.07) is 8.07. The molecule has 2 rings (SSSR count). The van der Waals surface area contributed by atoms with Gasteiger partial charge in [-0.05, 0) is 24.3 Å². The zero-order valence-electron chi connectivity index (χ0n) is 10.4. The quantitative estimate of drug-likeness (QED) is 0.897. The average molecular weight is 313 g/mol. The second-order valence-corrected chi connectivity index (χ2v) is 4.62. The molecule has 0 unspecified atom stereocenters. The van der Waals surface area contributed by atoms with Crippen molar-refractivity contribution in [2.45, 2.75) is 0 Å². The number of anilines is 2. The molecule has 0 aliphatic rings. The van der Waals surface area contributed by atoms with Gasteiger partial charge in [0.15, 0.2) is 5.69 Å². The van der Waals surface area contributed by atoms with Gasteiger partial charge in [-0.2, -0.15) is 0 Å². The molecule has 0 spiro atoms. The molecule has 0 bridgehead atoms. The van der Waals surface area contributed by atoms with Gasteiger partial charge < -0.3 is 15.2 Å². The van der Waals surface area contributed by atoms with Crippen LogP contribution in [0, 0.1) is 0 Å². The standard InChI is InChI=1S/C13H10Cl2N2O3/c1-20-7-2-3-8(14)10(6-7)16-11-5-4-9(15)12(17-11)13(18)19/h2-6H,1H3,(H,16,17)(H,18,19). The van der Waals surface area contributed by atoms with Gasteiger partial charge >= 0.3 is 5.97 Å². The number of halogens is 2. The molecule has 5 nitrogen and oxygen atoms in total. The van der Waals surface area contributed by atoms with Crippen LogP contribution < -0.4 is 10.1 Å². The van der Waals surface area contributed by atoms with Crippen molar-refractivity contribution in [1.29, 1.82) is 0 Å². The fraction of sp³-hybridized carbons (Fsp3) is 0.0769. The number of aromatic nitrogens is 1. The van der Waals surface area contributed by atoms with Crippen molar-refractivity contribution in [1.82, 2.24) is 4.98 Å². The van der Waals surface area contributed by atoms with E-state index in [1.807, 2.05) is 0 Å². The lowest BCUT2D eigenvalue weighted by Gasteiger charge is -2.10. The highest BCUT2D eigenvalue weighted by molar-refractivity contribution is 6.33. The van der Waals surface area contributed by atoms with E-state index in [2.05, 4.69) is 10.3 Å². The number of rotatable bonds is 4. The van der Waals surface area contributed by atoms with E-state index in [1.54, 1.807) is 24.3 Å². The van der Waals surface area contributed by atoms with Crippen LogP contribution in [0.25, 0.3) is 0 Å². The first-order chi connectivity index (χ1) is 9.51. The number of carboxylic acid groups (broad SMARTS) is 1. The van der Waals surface area contributed by atoms with Crippen LogP contribution in [0.1, 0.15) is 10.5 Å². The zero-order chi connectivity index (χ0) is 14.7. The third kappa shape index (κ3) is 3.12. The summed E-state index contributed by atoms with van der Waals surface area (Å²) >= 11 is 11.8. The Labute approximate surface area is 125 Å². The third-order valence-electron chi connectivity index (χ3n) is 2.48. The van der Waals surface area contributed by atoms with Gasteiger partial charge in [-0.1, -0.05) is 23.2 Å². The molecule has 2 aromatic rings. The maximum Gasteiger partial charge on any atom is 0.356 e. The summed E-state index contributed by atoms with van der Waals surface area (Å²) in [5.41, 5.74) is 0.327. The van der Waals surface area contributed by atoms with Crippen LogP contribution in [0.2, 0.25) is 10.0 Å². The van der Waals surface area contributed by atoms with Crippen molar-refractivity contribution in [2.75, 3.05) is 12.4 Å². The molecule has 1 heterocycles. The third-order valence-corrected chi connectivity index (χ3v) is 3.12. The summed E-state index contributed by atoms with van der Waals surface area (Å²) in [5, 5.41) is 12.4. The lowest BCUT2D eigenvalue weighted by atomic mass is 10.3. The molecule has 0 aliphatic carbocycles. The van der Waals surface area contributed by atoms with E-state index in [4.69, 9.17) is 33.0 Å². The summed E-state index contributed by atoms with van der Waals surface area (Å²) in [5.74, 6) is -0.262. The van der Waals surface area contributed by atoms with Crippen molar-refractivity contribution >= 4 is 40.7 Å². The molecule has 0 saturated carbocycles. The van der Waals surface area contributed by atoms with Crippen LogP contribution in [0.3, 0.4) is 0 Å². The molecule has 0 atom stereocenters. The van der Waals surface area contributed by atoms with Crippen molar-refractivity contribution in [3.63, 3.8) is 0 Å². The van der Waals surface area contributed by atoms with E-state index in [-0.39, 0.29) is 10.7 Å². The van der Waals surface area contributed by atoms with Crippen molar-refractivity contribution in [3.05, 3.63) is 46.1 Å². The van der Waals surface area contributed by atoms with E-state index in [0.717, 1.165) is 0 Å². The molecule has 1 aromatic heterocycles. The molecule has 0 amide bonds. The van der Waals surface area contributed by atoms with Gasteiger partial charge in [0.05, 0.1) is 22.8 Å². The first-order valence-corrected chi connectivity index (χ1v) is 6.27. The van der Waals surface area contributed by atoms with E-state index in [9.17, 15) is 4.79 Å². The lowest BCUT2D eigenvalue weighted by molar-refractivity contribution is 0.0691. The first kappa shape index (κ1) is 14.4. The van der Waals surface area contributed by atoms with Gasteiger partial charge in [-0.25, -0.2) is 9.78 Å². The molecule has 0 radical (unpaired) electrons. The van der Waals surface area contributed by atoms with Gasteiger partial charge in [0.25, 0.3) is 0 Å². The summed E-state index contributed by atoms with van der Waals surface area (Å²) in [6.07, 6.45) is 0.